The number of anilines is 2. The summed E-state index contributed by atoms with van der Waals surface area (Å²) < 4.78 is 45.8. The third-order valence-corrected chi connectivity index (χ3v) is 12.9. The van der Waals surface area contributed by atoms with Crippen LogP contribution in [-0.4, -0.2) is 126 Å². The second-order valence-electron chi connectivity index (χ2n) is 16.7. The Morgan fingerprint density at radius 1 is 1.05 bits per heavy atom. The fraction of sp³-hybridized carbons (Fsp3) is 0.500. The van der Waals surface area contributed by atoms with Crippen molar-refractivity contribution < 1.29 is 32.6 Å². The molecule has 20 heteroatoms. The summed E-state index contributed by atoms with van der Waals surface area (Å²) in [6.45, 7) is 6.03. The molecule has 324 valence electrons. The van der Waals surface area contributed by atoms with Crippen LogP contribution in [0.4, 0.5) is 20.3 Å². The monoisotopic (exact) mass is 852 g/mol. The van der Waals surface area contributed by atoms with Crippen molar-refractivity contribution in [1.29, 1.82) is 0 Å². The highest BCUT2D eigenvalue weighted by atomic mass is 19.3. The summed E-state index contributed by atoms with van der Waals surface area (Å²) in [7, 11) is 1.67. The molecule has 5 aromatic rings. The number of imidazole rings is 1. The fourth-order valence-corrected chi connectivity index (χ4v) is 9.54. The van der Waals surface area contributed by atoms with E-state index in [4.69, 9.17) is 9.47 Å². The SMILES string of the molecule is Cn1c(=O)n(C2CCC(=O)NC2=O)c2cccc(C#CCN3CCN(C[C@H]4CC[C@H](n5cc(NC(=O)c6cnn7ccc(N8C[C@H]9OC[C@@H]8O9)nc67)c(C(F)F)n5)CC4)CC3)c21. The number of benzene rings is 1. The molecule has 1 aromatic carbocycles. The number of para-hydroxylation sites is 1. The first-order chi connectivity index (χ1) is 30.1. The van der Waals surface area contributed by atoms with E-state index >= 15 is 0 Å². The summed E-state index contributed by atoms with van der Waals surface area (Å²) >= 11 is 0. The van der Waals surface area contributed by atoms with Crippen LogP contribution >= 0.6 is 0 Å². The van der Waals surface area contributed by atoms with Gasteiger partial charge in [0.25, 0.3) is 12.3 Å². The highest BCUT2D eigenvalue weighted by Gasteiger charge is 2.41. The Morgan fingerprint density at radius 2 is 1.85 bits per heavy atom. The number of hydrogen-bond donors (Lipinski definition) is 2. The maximum absolute atomic E-state index is 14.3. The molecule has 4 aromatic heterocycles. The third-order valence-electron chi connectivity index (χ3n) is 12.9. The van der Waals surface area contributed by atoms with Gasteiger partial charge in [-0.2, -0.15) is 10.2 Å². The van der Waals surface area contributed by atoms with Crippen molar-refractivity contribution in [2.45, 2.75) is 69.6 Å². The predicted octanol–water partition coefficient (Wildman–Crippen LogP) is 2.67. The van der Waals surface area contributed by atoms with Gasteiger partial charge in [-0.1, -0.05) is 17.9 Å². The average molecular weight is 853 g/mol. The Morgan fingerprint density at radius 3 is 2.60 bits per heavy atom. The van der Waals surface area contributed by atoms with Gasteiger partial charge < -0.3 is 24.6 Å². The molecule has 0 radical (unpaired) electrons. The molecule has 2 N–H and O–H groups in total. The molecule has 10 rings (SSSR count). The van der Waals surface area contributed by atoms with E-state index in [0.717, 1.165) is 58.4 Å². The van der Waals surface area contributed by atoms with Crippen molar-refractivity contribution in [3.63, 3.8) is 0 Å². The van der Waals surface area contributed by atoms with Crippen LogP contribution in [0.2, 0.25) is 0 Å². The summed E-state index contributed by atoms with van der Waals surface area (Å²) in [6, 6.07) is 6.48. The van der Waals surface area contributed by atoms with E-state index in [1.54, 1.807) is 30.1 Å². The molecular formula is C42H46F2N12O6. The van der Waals surface area contributed by atoms with E-state index < -0.39 is 30.0 Å². The van der Waals surface area contributed by atoms with Gasteiger partial charge in [0.15, 0.2) is 23.9 Å². The quantitative estimate of drug-likeness (QED) is 0.164. The molecule has 3 amide bonds. The molecule has 4 aliphatic heterocycles. The Balaban J connectivity index is 0.718. The molecule has 3 atom stereocenters. The summed E-state index contributed by atoms with van der Waals surface area (Å²) in [6.07, 6.45) is 5.05. The zero-order valence-corrected chi connectivity index (χ0v) is 34.1. The smallest absolute Gasteiger partial charge is 0.329 e. The van der Waals surface area contributed by atoms with Crippen LogP contribution in [0.1, 0.15) is 78.6 Å². The van der Waals surface area contributed by atoms with Gasteiger partial charge in [0, 0.05) is 58.6 Å². The van der Waals surface area contributed by atoms with Gasteiger partial charge >= 0.3 is 5.69 Å². The number of alkyl halides is 2. The molecule has 62 heavy (non-hydrogen) atoms. The van der Waals surface area contributed by atoms with Crippen LogP contribution in [0.25, 0.3) is 16.7 Å². The molecule has 2 bridgehead atoms. The number of nitrogens with zero attached hydrogens (tertiary/aromatic N) is 10. The van der Waals surface area contributed by atoms with Gasteiger partial charge in [-0.05, 0) is 56.2 Å². The molecule has 1 aliphatic carbocycles. The van der Waals surface area contributed by atoms with Gasteiger partial charge in [-0.25, -0.2) is 23.1 Å². The number of carbonyl (C=O) groups excluding carboxylic acids is 3. The number of rotatable bonds is 9. The summed E-state index contributed by atoms with van der Waals surface area (Å²) in [5.41, 5.74) is 1.61. The van der Waals surface area contributed by atoms with Crippen LogP contribution in [-0.2, 0) is 26.1 Å². The largest absolute Gasteiger partial charge is 0.346 e. The minimum absolute atomic E-state index is 0.0286. The first-order valence-corrected chi connectivity index (χ1v) is 21.1. The molecule has 5 aliphatic rings. The number of imide groups is 1. The van der Waals surface area contributed by atoms with Crippen molar-refractivity contribution in [1.82, 2.24) is 48.6 Å². The maximum atomic E-state index is 14.3. The van der Waals surface area contributed by atoms with Gasteiger partial charge in [0.05, 0.1) is 54.2 Å². The van der Waals surface area contributed by atoms with Crippen molar-refractivity contribution in [3.8, 4) is 11.8 Å². The number of aryl methyl sites for hydroxylation is 1. The molecular weight excluding hydrogens is 807 g/mol. The predicted molar refractivity (Wildman–Crippen MR) is 219 cm³/mol. The Hall–Kier alpha value is -6.01. The van der Waals surface area contributed by atoms with E-state index in [1.165, 1.54) is 26.0 Å². The number of hydrogen-bond acceptors (Lipinski definition) is 12. The number of ether oxygens (including phenoxy) is 2. The lowest BCUT2D eigenvalue weighted by Gasteiger charge is -2.37. The number of amides is 3. The van der Waals surface area contributed by atoms with Crippen molar-refractivity contribution in [2.75, 3.05) is 62.6 Å². The van der Waals surface area contributed by atoms with Gasteiger partial charge in [-0.15, -0.1) is 0 Å². The summed E-state index contributed by atoms with van der Waals surface area (Å²) in [5.74, 6) is 6.24. The van der Waals surface area contributed by atoms with Gasteiger partial charge in [0.2, 0.25) is 11.8 Å². The molecule has 4 saturated heterocycles. The third kappa shape index (κ3) is 7.52. The van der Waals surface area contributed by atoms with Crippen LogP contribution in [0.5, 0.6) is 0 Å². The Bertz CT molecular complexity index is 2680. The number of nitrogens with one attached hydrogen (secondary N) is 2. The molecule has 18 nitrogen and oxygen atoms in total. The van der Waals surface area contributed by atoms with Crippen LogP contribution in [0, 0.1) is 17.8 Å². The zero-order valence-electron chi connectivity index (χ0n) is 34.1. The maximum Gasteiger partial charge on any atom is 0.329 e. The first-order valence-electron chi connectivity index (χ1n) is 21.1. The number of piperazine rings is 1. The van der Waals surface area contributed by atoms with E-state index in [1.807, 2.05) is 17.0 Å². The number of piperidine rings is 1. The highest BCUT2D eigenvalue weighted by Crippen LogP contribution is 2.36. The van der Waals surface area contributed by atoms with Gasteiger partial charge in [-0.3, -0.25) is 38.4 Å². The Kier molecular flexibility index (Phi) is 10.6. The second kappa shape index (κ2) is 16.4. The lowest BCUT2D eigenvalue weighted by atomic mass is 9.85. The van der Waals surface area contributed by atoms with Gasteiger partial charge in [0.1, 0.15) is 17.4 Å². The highest BCUT2D eigenvalue weighted by molar-refractivity contribution is 6.08. The Labute approximate surface area is 353 Å². The number of fused-ring (bicyclic) bond motifs is 4. The fourth-order valence-electron chi connectivity index (χ4n) is 9.54. The first kappa shape index (κ1) is 40.1. The number of halogens is 2. The molecule has 1 unspecified atom stereocenters. The van der Waals surface area contributed by atoms with Crippen molar-refractivity contribution in [3.05, 3.63) is 70.2 Å². The minimum Gasteiger partial charge on any atom is -0.346 e. The van der Waals surface area contributed by atoms with Crippen LogP contribution in [0.3, 0.4) is 0 Å². The van der Waals surface area contributed by atoms with E-state index in [0.29, 0.717) is 53.7 Å². The standard InChI is InChI=1S/C42H46F2N12O6/c1-50-37-26(4-2-6-30(37)56(42(50)60)31-11-12-33(57)48-41(31)59)5-3-14-51-16-18-52(19-17-51)21-25-7-9-27(10-8-25)55-22-29(36(49-55)38(43)44)46-40(58)28-20-45-54-15-13-32(47-39(28)54)53-23-35-61-24-34(53)62-35/h2,4,6,13,15,20,22,25,27,31,34-35,38H,7-12,14,16-19,21,23-24H2,1H3,(H,46,58)(H,48,57,59)/t25-,27-,31?,34-,35-/m0/s1. The molecule has 8 heterocycles. The number of morpholine rings is 1. The number of aromatic nitrogens is 7. The topological polar surface area (TPSA) is 178 Å². The normalized spacial score (nSPS) is 24.6. The summed E-state index contributed by atoms with van der Waals surface area (Å²) in [5, 5.41) is 13.5. The van der Waals surface area contributed by atoms with E-state index in [-0.39, 0.29) is 54.2 Å². The van der Waals surface area contributed by atoms with Crippen molar-refractivity contribution in [2.24, 2.45) is 13.0 Å². The molecule has 1 saturated carbocycles. The minimum atomic E-state index is -2.88. The van der Waals surface area contributed by atoms with E-state index in [2.05, 4.69) is 47.5 Å². The van der Waals surface area contributed by atoms with Crippen LogP contribution < -0.4 is 21.2 Å². The molecule has 0 spiro atoms. The van der Waals surface area contributed by atoms with Crippen LogP contribution in [0.15, 0.2) is 47.7 Å². The zero-order chi connectivity index (χ0) is 42.6. The molecule has 5 fully saturated rings. The summed E-state index contributed by atoms with van der Waals surface area (Å²) in [4.78, 5) is 62.5. The van der Waals surface area contributed by atoms with E-state index in [9.17, 15) is 28.0 Å². The second-order valence-corrected chi connectivity index (χ2v) is 16.7. The lowest BCUT2D eigenvalue weighted by Crippen LogP contribution is -2.48. The lowest BCUT2D eigenvalue weighted by molar-refractivity contribution is -0.135. The van der Waals surface area contributed by atoms with Crippen molar-refractivity contribution >= 4 is 45.9 Å². The average Bonchev–Trinajstić information content (AvgIpc) is 4.12. The number of carbonyl (C=O) groups is 3.